The summed E-state index contributed by atoms with van der Waals surface area (Å²) >= 11 is 0. The monoisotopic (exact) mass is 367 g/mol. The average Bonchev–Trinajstić information content (AvgIpc) is 3.10. The molecule has 132 valence electrons. The lowest BCUT2D eigenvalue weighted by Gasteiger charge is -2.14. The molecule has 4 rings (SSSR count). The van der Waals surface area contributed by atoms with Crippen molar-refractivity contribution in [3.63, 3.8) is 0 Å². The maximum Gasteiger partial charge on any atom is 0.261 e. The average molecular weight is 367 g/mol. The Bertz CT molecular complexity index is 1050. The molecule has 1 aliphatic heterocycles. The molecule has 1 aliphatic rings. The molecule has 1 N–H and O–H groups in total. The second-order valence-electron chi connectivity index (χ2n) is 6.04. The molecule has 1 heterocycles. The maximum atomic E-state index is 12.8. The first-order chi connectivity index (χ1) is 12.5. The molecule has 6 heteroatoms. The highest BCUT2D eigenvalue weighted by Crippen LogP contribution is 2.42. The lowest BCUT2D eigenvalue weighted by atomic mass is 10.0. The van der Waals surface area contributed by atoms with Crippen LogP contribution in [0.5, 0.6) is 11.5 Å². The molecule has 0 aliphatic carbocycles. The predicted molar refractivity (Wildman–Crippen MR) is 100.0 cm³/mol. The summed E-state index contributed by atoms with van der Waals surface area (Å²) in [6.45, 7) is 2.13. The quantitative estimate of drug-likeness (QED) is 0.751. The molecule has 0 saturated heterocycles. The molecule has 26 heavy (non-hydrogen) atoms. The number of rotatable bonds is 4. The Kier molecular flexibility index (Phi) is 4.05. The molecule has 0 aromatic heterocycles. The topological polar surface area (TPSA) is 64.6 Å². The van der Waals surface area contributed by atoms with Crippen molar-refractivity contribution in [3.05, 3.63) is 72.3 Å². The van der Waals surface area contributed by atoms with Crippen molar-refractivity contribution >= 4 is 15.7 Å². The van der Waals surface area contributed by atoms with Crippen molar-refractivity contribution in [2.45, 2.75) is 11.8 Å². The van der Waals surface area contributed by atoms with Gasteiger partial charge in [-0.2, -0.15) is 0 Å². The number of ether oxygens (including phenoxy) is 2. The van der Waals surface area contributed by atoms with Gasteiger partial charge in [0.15, 0.2) is 11.5 Å². The van der Waals surface area contributed by atoms with Gasteiger partial charge in [0, 0.05) is 11.6 Å². The smallest absolute Gasteiger partial charge is 0.261 e. The normalized spacial score (nSPS) is 12.8. The molecular formula is C20H17NO4S. The van der Waals surface area contributed by atoms with Gasteiger partial charge < -0.3 is 9.47 Å². The molecular weight excluding hydrogens is 350 g/mol. The second-order valence-corrected chi connectivity index (χ2v) is 7.72. The van der Waals surface area contributed by atoms with Crippen LogP contribution in [0.25, 0.3) is 11.1 Å². The molecule has 0 atom stereocenters. The molecule has 3 aromatic rings. The minimum absolute atomic E-state index is 0.123. The van der Waals surface area contributed by atoms with Gasteiger partial charge in [-0.3, -0.25) is 4.72 Å². The van der Waals surface area contributed by atoms with Crippen LogP contribution in [0.1, 0.15) is 5.56 Å². The number of sulfonamides is 1. The first-order valence-corrected chi connectivity index (χ1v) is 9.60. The summed E-state index contributed by atoms with van der Waals surface area (Å²) in [5.74, 6) is 1.12. The molecule has 0 saturated carbocycles. The van der Waals surface area contributed by atoms with Crippen LogP contribution in [0.15, 0.2) is 71.6 Å². The van der Waals surface area contributed by atoms with Gasteiger partial charge in [-0.1, -0.05) is 48.0 Å². The van der Waals surface area contributed by atoms with Crippen molar-refractivity contribution < 1.29 is 17.9 Å². The Labute approximate surface area is 152 Å². The van der Waals surface area contributed by atoms with Crippen molar-refractivity contribution in [3.8, 4) is 22.6 Å². The molecule has 0 radical (unpaired) electrons. The number of hydrogen-bond donors (Lipinski definition) is 1. The van der Waals surface area contributed by atoms with Gasteiger partial charge in [-0.15, -0.1) is 0 Å². The number of anilines is 1. The van der Waals surface area contributed by atoms with E-state index < -0.39 is 10.0 Å². The first-order valence-electron chi connectivity index (χ1n) is 8.11. The van der Waals surface area contributed by atoms with E-state index in [9.17, 15) is 8.42 Å². The highest BCUT2D eigenvalue weighted by atomic mass is 32.2. The molecule has 0 amide bonds. The number of hydrogen-bond acceptors (Lipinski definition) is 4. The van der Waals surface area contributed by atoms with Crippen LogP contribution in [-0.2, 0) is 10.0 Å². The van der Waals surface area contributed by atoms with Crippen molar-refractivity contribution in [2.75, 3.05) is 11.5 Å². The van der Waals surface area contributed by atoms with Crippen LogP contribution in [0.2, 0.25) is 0 Å². The lowest BCUT2D eigenvalue weighted by molar-refractivity contribution is 0.174. The summed E-state index contributed by atoms with van der Waals surface area (Å²) in [6.07, 6.45) is 0. The fraction of sp³-hybridized carbons (Fsp3) is 0.100. The van der Waals surface area contributed by atoms with E-state index in [0.717, 1.165) is 16.7 Å². The van der Waals surface area contributed by atoms with E-state index in [1.807, 2.05) is 31.2 Å². The van der Waals surface area contributed by atoms with Crippen molar-refractivity contribution in [1.29, 1.82) is 0 Å². The zero-order valence-electron chi connectivity index (χ0n) is 14.1. The molecule has 0 bridgehead atoms. The van der Waals surface area contributed by atoms with E-state index >= 15 is 0 Å². The Morgan fingerprint density at radius 3 is 2.23 bits per heavy atom. The van der Waals surface area contributed by atoms with Gasteiger partial charge in [0.25, 0.3) is 10.0 Å². The standard InChI is InChI=1S/C20H17NO4S/c1-14-7-9-15(10-8-14)17-11-19-20(25-13-24-19)12-18(17)21-26(22,23)16-5-3-2-4-6-16/h2-12,21H,13H2,1H3. The Morgan fingerprint density at radius 1 is 0.885 bits per heavy atom. The van der Waals surface area contributed by atoms with E-state index in [2.05, 4.69) is 4.72 Å². The third-order valence-corrected chi connectivity index (χ3v) is 5.55. The van der Waals surface area contributed by atoms with Gasteiger partial charge in [0.2, 0.25) is 6.79 Å². The van der Waals surface area contributed by atoms with Gasteiger partial charge >= 0.3 is 0 Å². The number of aryl methyl sites for hydroxylation is 1. The summed E-state index contributed by atoms with van der Waals surface area (Å²) < 4.78 is 39.1. The zero-order valence-corrected chi connectivity index (χ0v) is 14.9. The number of nitrogens with one attached hydrogen (secondary N) is 1. The summed E-state index contributed by atoms with van der Waals surface area (Å²) in [5, 5.41) is 0. The molecule has 5 nitrogen and oxygen atoms in total. The van der Waals surface area contributed by atoms with Crippen LogP contribution in [0.4, 0.5) is 5.69 Å². The fourth-order valence-electron chi connectivity index (χ4n) is 2.80. The Balaban J connectivity index is 1.81. The van der Waals surface area contributed by atoms with E-state index in [-0.39, 0.29) is 11.7 Å². The van der Waals surface area contributed by atoms with Crippen LogP contribution < -0.4 is 14.2 Å². The third-order valence-electron chi connectivity index (χ3n) is 4.17. The molecule has 3 aromatic carbocycles. The van der Waals surface area contributed by atoms with E-state index in [0.29, 0.717) is 17.2 Å². The Hall–Kier alpha value is -2.99. The first kappa shape index (κ1) is 16.5. The largest absolute Gasteiger partial charge is 0.454 e. The van der Waals surface area contributed by atoms with Crippen LogP contribution in [-0.4, -0.2) is 15.2 Å². The summed E-state index contributed by atoms with van der Waals surface area (Å²) in [7, 11) is -3.72. The predicted octanol–water partition coefficient (Wildman–Crippen LogP) is 4.19. The molecule has 0 spiro atoms. The second kappa shape index (κ2) is 6.38. The summed E-state index contributed by atoms with van der Waals surface area (Å²) in [4.78, 5) is 0.201. The minimum atomic E-state index is -3.72. The van der Waals surface area contributed by atoms with Crippen LogP contribution in [0.3, 0.4) is 0 Å². The Morgan fingerprint density at radius 2 is 1.54 bits per heavy atom. The SMILES string of the molecule is Cc1ccc(-c2cc3c(cc2NS(=O)(=O)c2ccccc2)OCO3)cc1. The van der Waals surface area contributed by atoms with Crippen molar-refractivity contribution in [1.82, 2.24) is 0 Å². The van der Waals surface area contributed by atoms with E-state index in [4.69, 9.17) is 9.47 Å². The highest BCUT2D eigenvalue weighted by molar-refractivity contribution is 7.92. The summed E-state index contributed by atoms with van der Waals surface area (Å²) in [5.41, 5.74) is 3.19. The van der Waals surface area contributed by atoms with Gasteiger partial charge in [-0.25, -0.2) is 8.42 Å². The fourth-order valence-corrected chi connectivity index (χ4v) is 3.89. The maximum absolute atomic E-state index is 12.8. The van der Waals surface area contributed by atoms with Crippen molar-refractivity contribution in [2.24, 2.45) is 0 Å². The summed E-state index contributed by atoms with van der Waals surface area (Å²) in [6, 6.07) is 19.6. The minimum Gasteiger partial charge on any atom is -0.454 e. The molecule has 0 unspecified atom stereocenters. The van der Waals surface area contributed by atoms with E-state index in [1.165, 1.54) is 0 Å². The van der Waals surface area contributed by atoms with Gasteiger partial charge in [-0.05, 0) is 30.7 Å². The lowest BCUT2D eigenvalue weighted by Crippen LogP contribution is -2.13. The molecule has 0 fully saturated rings. The zero-order chi connectivity index (χ0) is 18.1. The highest BCUT2D eigenvalue weighted by Gasteiger charge is 2.22. The van der Waals surface area contributed by atoms with Crippen LogP contribution in [0, 0.1) is 6.92 Å². The van der Waals surface area contributed by atoms with Crippen LogP contribution >= 0.6 is 0 Å². The third kappa shape index (κ3) is 3.11. The van der Waals surface area contributed by atoms with Gasteiger partial charge in [0.1, 0.15) is 0 Å². The number of fused-ring (bicyclic) bond motifs is 1. The number of benzene rings is 3. The van der Waals surface area contributed by atoms with Gasteiger partial charge in [0.05, 0.1) is 10.6 Å². The van der Waals surface area contributed by atoms with E-state index in [1.54, 1.807) is 42.5 Å².